The van der Waals surface area contributed by atoms with Gasteiger partial charge < -0.3 is 10.2 Å². The van der Waals surface area contributed by atoms with E-state index in [0.29, 0.717) is 6.54 Å². The van der Waals surface area contributed by atoms with Gasteiger partial charge in [0.2, 0.25) is 23.6 Å². The van der Waals surface area contributed by atoms with Gasteiger partial charge in [-0.25, -0.2) is 0 Å². The van der Waals surface area contributed by atoms with Crippen LogP contribution < -0.4 is 5.32 Å². The van der Waals surface area contributed by atoms with Crippen molar-refractivity contribution < 1.29 is 19.2 Å². The maximum Gasteiger partial charge on any atom is 0.243 e. The maximum atomic E-state index is 12.6. The highest BCUT2D eigenvalue weighted by molar-refractivity contribution is 6.08. The van der Waals surface area contributed by atoms with Crippen LogP contribution in [0.25, 0.3) is 0 Å². The summed E-state index contributed by atoms with van der Waals surface area (Å²) in [5.74, 6) is -1.42. The molecule has 2 aliphatic carbocycles. The Kier molecular flexibility index (Phi) is 4.67. The molecule has 1 saturated carbocycles. The molecule has 1 heterocycles. The summed E-state index contributed by atoms with van der Waals surface area (Å²) >= 11 is 0. The first kappa shape index (κ1) is 17.6. The fourth-order valence-electron chi connectivity index (χ4n) is 4.27. The molecule has 0 radical (unpaired) electrons. The third-order valence-electron chi connectivity index (χ3n) is 5.37. The fraction of sp³-hybridized carbons (Fsp3) is 0.667. The number of hydrogen-bond donors (Lipinski definition) is 1. The third-order valence-corrected chi connectivity index (χ3v) is 5.37. The Morgan fingerprint density at radius 3 is 2.24 bits per heavy atom. The van der Waals surface area contributed by atoms with E-state index in [1.54, 1.807) is 6.92 Å². The highest BCUT2D eigenvalue weighted by atomic mass is 16.2. The van der Waals surface area contributed by atoms with Gasteiger partial charge in [0, 0.05) is 12.6 Å². The molecule has 0 aromatic carbocycles. The van der Waals surface area contributed by atoms with Crippen LogP contribution in [-0.2, 0) is 19.2 Å². The Labute approximate surface area is 147 Å². The van der Waals surface area contributed by atoms with Crippen LogP contribution in [0.15, 0.2) is 12.2 Å². The molecule has 1 aliphatic heterocycles. The summed E-state index contributed by atoms with van der Waals surface area (Å²) in [4.78, 5) is 52.1. The topological polar surface area (TPSA) is 86.8 Å². The van der Waals surface area contributed by atoms with Gasteiger partial charge in [0.1, 0.15) is 6.54 Å². The van der Waals surface area contributed by atoms with Gasteiger partial charge in [0.05, 0.1) is 18.4 Å². The number of likely N-dealkylation sites (N-methyl/N-ethyl adjacent to an activating group) is 1. The number of nitrogens with one attached hydrogen (secondary N) is 1. The number of carbonyl (C=O) groups is 4. The van der Waals surface area contributed by atoms with Gasteiger partial charge in [0.25, 0.3) is 0 Å². The summed E-state index contributed by atoms with van der Waals surface area (Å²) in [6.45, 7) is 5.47. The monoisotopic (exact) mass is 347 g/mol. The first-order valence-electron chi connectivity index (χ1n) is 8.94. The largest absolute Gasteiger partial charge is 0.352 e. The van der Waals surface area contributed by atoms with Crippen molar-refractivity contribution in [2.75, 3.05) is 19.6 Å². The van der Waals surface area contributed by atoms with E-state index in [1.807, 2.05) is 26.0 Å². The Hall–Kier alpha value is -2.18. The van der Waals surface area contributed by atoms with E-state index >= 15 is 0 Å². The minimum Gasteiger partial charge on any atom is -0.352 e. The molecule has 0 aromatic rings. The zero-order valence-corrected chi connectivity index (χ0v) is 14.9. The number of imide groups is 1. The summed E-state index contributed by atoms with van der Waals surface area (Å²) in [5.41, 5.74) is 0. The van der Waals surface area contributed by atoms with Gasteiger partial charge in [-0.1, -0.05) is 12.2 Å². The molecule has 0 aromatic heterocycles. The van der Waals surface area contributed by atoms with Crippen molar-refractivity contribution in [2.24, 2.45) is 23.7 Å². The summed E-state index contributed by atoms with van der Waals surface area (Å²) in [6, 6.07) is -0.00889. The molecule has 0 unspecified atom stereocenters. The van der Waals surface area contributed by atoms with E-state index < -0.39 is 0 Å². The predicted molar refractivity (Wildman–Crippen MR) is 90.0 cm³/mol. The molecule has 2 fully saturated rings. The molecule has 7 heteroatoms. The van der Waals surface area contributed by atoms with Crippen molar-refractivity contribution in [2.45, 2.75) is 33.2 Å². The van der Waals surface area contributed by atoms with Crippen LogP contribution in [0, 0.1) is 23.7 Å². The first-order valence-corrected chi connectivity index (χ1v) is 8.94. The lowest BCUT2D eigenvalue weighted by Crippen LogP contribution is -2.47. The van der Waals surface area contributed by atoms with Gasteiger partial charge in [0.15, 0.2) is 0 Å². The molecular formula is C18H25N3O4. The average molecular weight is 347 g/mol. The zero-order chi connectivity index (χ0) is 18.3. The minimum absolute atomic E-state index is 0.00889. The van der Waals surface area contributed by atoms with E-state index in [0.717, 1.165) is 11.3 Å². The number of allylic oxidation sites excluding steroid dienone is 2. The van der Waals surface area contributed by atoms with Crippen LogP contribution in [0.1, 0.15) is 27.2 Å². The van der Waals surface area contributed by atoms with Gasteiger partial charge in [-0.2, -0.15) is 0 Å². The van der Waals surface area contributed by atoms with Gasteiger partial charge in [-0.3, -0.25) is 24.1 Å². The van der Waals surface area contributed by atoms with Crippen LogP contribution in [0.4, 0.5) is 0 Å². The average Bonchev–Trinajstić information content (AvgIpc) is 3.21. The number of hydrogen-bond acceptors (Lipinski definition) is 4. The molecule has 1 N–H and O–H groups in total. The number of likely N-dealkylation sites (tertiary alicyclic amines) is 1. The quantitative estimate of drug-likeness (QED) is 0.548. The Morgan fingerprint density at radius 1 is 1.20 bits per heavy atom. The van der Waals surface area contributed by atoms with Crippen LogP contribution in [-0.4, -0.2) is 59.1 Å². The van der Waals surface area contributed by atoms with Crippen LogP contribution in [0.2, 0.25) is 0 Å². The van der Waals surface area contributed by atoms with Crippen molar-refractivity contribution in [3.05, 3.63) is 12.2 Å². The van der Waals surface area contributed by atoms with Crippen molar-refractivity contribution in [3.63, 3.8) is 0 Å². The molecule has 1 saturated heterocycles. The lowest BCUT2D eigenvalue weighted by Gasteiger charge is -2.24. The molecule has 25 heavy (non-hydrogen) atoms. The van der Waals surface area contributed by atoms with Crippen molar-refractivity contribution in [3.8, 4) is 0 Å². The van der Waals surface area contributed by atoms with Gasteiger partial charge in [-0.05, 0) is 39.0 Å². The van der Waals surface area contributed by atoms with Crippen LogP contribution >= 0.6 is 0 Å². The minimum atomic E-state index is -0.372. The Bertz CT molecular complexity index is 612. The SMILES string of the molecule is CCN(CC(=O)NC(C)C)C(=O)CN1C(=O)[C@@H]2[C@H](C1=O)[C@H]1C=C[C@H]2C1. The van der Waals surface area contributed by atoms with E-state index in [4.69, 9.17) is 0 Å². The van der Waals surface area contributed by atoms with E-state index in [1.165, 1.54) is 4.90 Å². The zero-order valence-electron chi connectivity index (χ0n) is 14.9. The summed E-state index contributed by atoms with van der Waals surface area (Å²) in [5, 5.41) is 2.74. The number of nitrogens with zero attached hydrogens (tertiary/aromatic N) is 2. The fourth-order valence-corrected chi connectivity index (χ4v) is 4.27. The number of amides is 4. The summed E-state index contributed by atoms with van der Waals surface area (Å²) < 4.78 is 0. The standard InChI is InChI=1S/C18H25N3O4/c1-4-20(8-13(22)19-10(2)3)14(23)9-21-17(24)15-11-5-6-12(7-11)16(15)18(21)25/h5-6,10-12,15-16H,4,7-9H2,1-3H3,(H,19,22)/t11-,12-,15-,16+/m0/s1. The molecule has 2 bridgehead atoms. The molecule has 7 nitrogen and oxygen atoms in total. The Balaban J connectivity index is 1.63. The molecule has 3 rings (SSSR count). The van der Waals surface area contributed by atoms with E-state index in [9.17, 15) is 19.2 Å². The third kappa shape index (κ3) is 3.07. The number of carbonyl (C=O) groups excluding carboxylic acids is 4. The normalized spacial score (nSPS) is 29.5. The second kappa shape index (κ2) is 6.61. The second-order valence-corrected chi connectivity index (χ2v) is 7.39. The summed E-state index contributed by atoms with van der Waals surface area (Å²) in [7, 11) is 0. The number of rotatable bonds is 6. The smallest absolute Gasteiger partial charge is 0.243 e. The lowest BCUT2D eigenvalue weighted by molar-refractivity contribution is -0.147. The molecule has 4 amide bonds. The van der Waals surface area contributed by atoms with E-state index in [2.05, 4.69) is 5.32 Å². The van der Waals surface area contributed by atoms with E-state index in [-0.39, 0.29) is 66.4 Å². The molecule has 0 spiro atoms. The van der Waals surface area contributed by atoms with Crippen molar-refractivity contribution >= 4 is 23.6 Å². The Morgan fingerprint density at radius 2 is 1.76 bits per heavy atom. The van der Waals surface area contributed by atoms with Crippen molar-refractivity contribution in [1.82, 2.24) is 15.1 Å². The molecular weight excluding hydrogens is 322 g/mol. The van der Waals surface area contributed by atoms with Crippen LogP contribution in [0.5, 0.6) is 0 Å². The lowest BCUT2D eigenvalue weighted by atomic mass is 9.85. The molecule has 3 aliphatic rings. The molecule has 136 valence electrons. The highest BCUT2D eigenvalue weighted by Crippen LogP contribution is 2.52. The highest BCUT2D eigenvalue weighted by Gasteiger charge is 2.59. The first-order chi connectivity index (χ1) is 11.8. The second-order valence-electron chi connectivity index (χ2n) is 7.39. The van der Waals surface area contributed by atoms with Gasteiger partial charge in [-0.15, -0.1) is 0 Å². The van der Waals surface area contributed by atoms with Crippen molar-refractivity contribution in [1.29, 1.82) is 0 Å². The predicted octanol–water partition coefficient (Wildman–Crippen LogP) is 0.167. The summed E-state index contributed by atoms with van der Waals surface area (Å²) in [6.07, 6.45) is 4.92. The maximum absolute atomic E-state index is 12.6. The molecule has 4 atom stereocenters. The van der Waals surface area contributed by atoms with Gasteiger partial charge >= 0.3 is 0 Å². The number of fused-ring (bicyclic) bond motifs is 5. The van der Waals surface area contributed by atoms with Crippen LogP contribution in [0.3, 0.4) is 0 Å².